The molecule has 1 aromatic carbocycles. The molecular formula is C23H34O5. The van der Waals surface area contributed by atoms with Crippen molar-refractivity contribution in [3.63, 3.8) is 0 Å². The number of aliphatic hydroxyl groups is 1. The molecule has 0 aromatic heterocycles. The normalized spacial score (nSPS) is 27.0. The summed E-state index contributed by atoms with van der Waals surface area (Å²) in [5.41, 5.74) is 1.61. The average molecular weight is 391 g/mol. The minimum Gasteiger partial charge on any atom is -0.504 e. The van der Waals surface area contributed by atoms with E-state index in [0.29, 0.717) is 31.1 Å². The van der Waals surface area contributed by atoms with Crippen molar-refractivity contribution >= 4 is 5.97 Å². The Bertz CT molecular complexity index is 686. The fourth-order valence-corrected chi connectivity index (χ4v) is 4.88. The van der Waals surface area contributed by atoms with Gasteiger partial charge in [0.1, 0.15) is 5.60 Å². The second-order valence-electron chi connectivity index (χ2n) is 8.49. The van der Waals surface area contributed by atoms with E-state index < -0.39 is 11.7 Å². The van der Waals surface area contributed by atoms with Gasteiger partial charge >= 0.3 is 5.97 Å². The van der Waals surface area contributed by atoms with Crippen LogP contribution >= 0.6 is 0 Å². The minimum absolute atomic E-state index is 0.194. The maximum absolute atomic E-state index is 11.8. The Morgan fingerprint density at radius 1 is 1.39 bits per heavy atom. The van der Waals surface area contributed by atoms with Gasteiger partial charge in [0, 0.05) is 18.9 Å². The maximum Gasteiger partial charge on any atom is 0.303 e. The van der Waals surface area contributed by atoms with Gasteiger partial charge < -0.3 is 19.7 Å². The number of hydrogen-bond donors (Lipinski definition) is 2. The van der Waals surface area contributed by atoms with Crippen LogP contribution in [0, 0.1) is 5.92 Å². The number of rotatable bonds is 7. The van der Waals surface area contributed by atoms with Gasteiger partial charge in [-0.3, -0.25) is 4.79 Å². The highest BCUT2D eigenvalue weighted by Crippen LogP contribution is 2.42. The molecule has 0 spiro atoms. The fraction of sp³-hybridized carbons (Fsp3) is 0.696. The lowest BCUT2D eigenvalue weighted by Gasteiger charge is -2.42. The Balaban J connectivity index is 1.73. The molecule has 156 valence electrons. The van der Waals surface area contributed by atoms with Crippen molar-refractivity contribution in [2.45, 2.75) is 89.8 Å². The van der Waals surface area contributed by atoms with Crippen molar-refractivity contribution < 1.29 is 24.5 Å². The number of esters is 1. The van der Waals surface area contributed by atoms with Crippen LogP contribution in [0.2, 0.25) is 0 Å². The monoisotopic (exact) mass is 390 g/mol. The third-order valence-corrected chi connectivity index (χ3v) is 6.39. The molecule has 0 unspecified atom stereocenters. The van der Waals surface area contributed by atoms with Gasteiger partial charge in [-0.1, -0.05) is 25.8 Å². The summed E-state index contributed by atoms with van der Waals surface area (Å²) in [6.45, 7) is 4.25. The lowest BCUT2D eigenvalue weighted by Crippen LogP contribution is -2.45. The number of phenols is 1. The maximum atomic E-state index is 11.8. The lowest BCUT2D eigenvalue weighted by molar-refractivity contribution is -0.168. The van der Waals surface area contributed by atoms with E-state index in [4.69, 9.17) is 9.47 Å². The first-order chi connectivity index (χ1) is 13.4. The lowest BCUT2D eigenvalue weighted by atomic mass is 9.72. The Morgan fingerprint density at radius 2 is 2.21 bits per heavy atom. The second kappa shape index (κ2) is 9.17. The molecule has 1 fully saturated rings. The van der Waals surface area contributed by atoms with E-state index >= 15 is 0 Å². The first kappa shape index (κ1) is 21.0. The summed E-state index contributed by atoms with van der Waals surface area (Å²) < 4.78 is 11.5. The Morgan fingerprint density at radius 3 is 2.93 bits per heavy atom. The van der Waals surface area contributed by atoms with Crippen LogP contribution in [-0.2, 0) is 22.4 Å². The Hall–Kier alpha value is -1.75. The summed E-state index contributed by atoms with van der Waals surface area (Å²) in [6.07, 6.45) is 8.34. The summed E-state index contributed by atoms with van der Waals surface area (Å²) >= 11 is 0. The van der Waals surface area contributed by atoms with Gasteiger partial charge in [0.25, 0.3) is 0 Å². The molecule has 0 saturated heterocycles. The van der Waals surface area contributed by atoms with Gasteiger partial charge in [0.15, 0.2) is 11.5 Å². The standard InChI is InChI=1S/C23H34O5/c1-3-4-6-18-11-13-23(15-21(18)26,28-16(2)24)12-10-17-8-9-20(25)22-19(17)7-5-14-27-22/h8-9,18,21,25-26H,3-7,10-15H2,1-2H3/t18-,21-,23+/m1/s1. The van der Waals surface area contributed by atoms with Crippen molar-refractivity contribution in [3.05, 3.63) is 23.3 Å². The van der Waals surface area contributed by atoms with Gasteiger partial charge in [0.05, 0.1) is 12.7 Å². The predicted molar refractivity (Wildman–Crippen MR) is 108 cm³/mol. The summed E-state index contributed by atoms with van der Waals surface area (Å²) in [4.78, 5) is 11.8. The topological polar surface area (TPSA) is 76.0 Å². The predicted octanol–water partition coefficient (Wildman–Crippen LogP) is 4.30. The fourth-order valence-electron chi connectivity index (χ4n) is 4.88. The van der Waals surface area contributed by atoms with E-state index in [1.807, 2.05) is 6.07 Å². The third kappa shape index (κ3) is 4.80. The molecule has 1 aliphatic carbocycles. The van der Waals surface area contributed by atoms with E-state index in [0.717, 1.165) is 62.5 Å². The van der Waals surface area contributed by atoms with Gasteiger partial charge in [-0.2, -0.15) is 0 Å². The first-order valence-corrected chi connectivity index (χ1v) is 10.8. The molecule has 1 heterocycles. The van der Waals surface area contributed by atoms with Crippen LogP contribution in [0.4, 0.5) is 0 Å². The largest absolute Gasteiger partial charge is 0.504 e. The molecule has 0 bridgehead atoms. The van der Waals surface area contributed by atoms with Crippen LogP contribution < -0.4 is 4.74 Å². The van der Waals surface area contributed by atoms with Crippen molar-refractivity contribution in [2.24, 2.45) is 5.92 Å². The smallest absolute Gasteiger partial charge is 0.303 e. The second-order valence-corrected chi connectivity index (χ2v) is 8.49. The molecule has 1 aromatic rings. The number of phenolic OH excluding ortho intramolecular Hbond substituents is 1. The number of carbonyl (C=O) groups is 1. The van der Waals surface area contributed by atoms with Crippen molar-refractivity contribution in [1.29, 1.82) is 0 Å². The van der Waals surface area contributed by atoms with Gasteiger partial charge in [0.2, 0.25) is 0 Å². The number of aromatic hydroxyl groups is 1. The summed E-state index contributed by atoms with van der Waals surface area (Å²) in [6, 6.07) is 3.64. The quantitative estimate of drug-likeness (QED) is 0.679. The molecule has 3 atom stereocenters. The number of fused-ring (bicyclic) bond motifs is 1. The minimum atomic E-state index is -0.603. The summed E-state index contributed by atoms with van der Waals surface area (Å²) in [5.74, 6) is 0.822. The highest BCUT2D eigenvalue weighted by atomic mass is 16.6. The number of carbonyl (C=O) groups excluding carboxylic acids is 1. The molecule has 28 heavy (non-hydrogen) atoms. The number of hydrogen-bond acceptors (Lipinski definition) is 5. The van der Waals surface area contributed by atoms with Crippen molar-refractivity contribution in [3.8, 4) is 11.5 Å². The summed E-state index contributed by atoms with van der Waals surface area (Å²) in [5, 5.41) is 20.8. The molecule has 0 amide bonds. The Labute approximate surface area is 168 Å². The zero-order chi connectivity index (χ0) is 20.1. The van der Waals surface area contributed by atoms with Gasteiger partial charge in [-0.05, 0) is 62.5 Å². The van der Waals surface area contributed by atoms with E-state index in [-0.39, 0.29) is 11.7 Å². The van der Waals surface area contributed by atoms with Crippen molar-refractivity contribution in [1.82, 2.24) is 0 Å². The molecule has 5 heteroatoms. The summed E-state index contributed by atoms with van der Waals surface area (Å²) in [7, 11) is 0. The highest BCUT2D eigenvalue weighted by molar-refractivity contribution is 5.66. The number of benzene rings is 1. The highest BCUT2D eigenvalue weighted by Gasteiger charge is 2.42. The van der Waals surface area contributed by atoms with Crippen LogP contribution in [-0.4, -0.2) is 34.5 Å². The molecule has 5 nitrogen and oxygen atoms in total. The molecular weight excluding hydrogens is 356 g/mol. The Kier molecular flexibility index (Phi) is 6.86. The molecule has 2 N–H and O–H groups in total. The number of aryl methyl sites for hydroxylation is 1. The zero-order valence-corrected chi connectivity index (χ0v) is 17.2. The van der Waals surface area contributed by atoms with Crippen LogP contribution in [0.15, 0.2) is 12.1 Å². The van der Waals surface area contributed by atoms with Crippen LogP contribution in [0.25, 0.3) is 0 Å². The van der Waals surface area contributed by atoms with E-state index in [2.05, 4.69) is 6.92 Å². The number of ether oxygens (including phenoxy) is 2. The third-order valence-electron chi connectivity index (χ3n) is 6.39. The molecule has 1 saturated carbocycles. The van der Waals surface area contributed by atoms with Crippen LogP contribution in [0.5, 0.6) is 11.5 Å². The average Bonchev–Trinajstić information content (AvgIpc) is 2.67. The van der Waals surface area contributed by atoms with E-state index in [1.165, 1.54) is 6.92 Å². The van der Waals surface area contributed by atoms with Crippen LogP contribution in [0.1, 0.15) is 76.3 Å². The van der Waals surface area contributed by atoms with E-state index in [1.54, 1.807) is 6.07 Å². The molecule has 2 aliphatic rings. The molecule has 0 radical (unpaired) electrons. The van der Waals surface area contributed by atoms with Crippen molar-refractivity contribution in [2.75, 3.05) is 6.61 Å². The number of aliphatic hydroxyl groups excluding tert-OH is 1. The van der Waals surface area contributed by atoms with Crippen LogP contribution in [0.3, 0.4) is 0 Å². The molecule has 1 aliphatic heterocycles. The molecule has 3 rings (SSSR count). The first-order valence-electron chi connectivity index (χ1n) is 10.8. The van der Waals surface area contributed by atoms with Gasteiger partial charge in [-0.25, -0.2) is 0 Å². The van der Waals surface area contributed by atoms with Gasteiger partial charge in [-0.15, -0.1) is 0 Å². The zero-order valence-electron chi connectivity index (χ0n) is 17.2. The van der Waals surface area contributed by atoms with E-state index in [9.17, 15) is 15.0 Å². The SMILES string of the molecule is CCCC[C@@H]1CC[C@](CCc2ccc(O)c3c2CCCO3)(OC(C)=O)C[C@H]1O. The number of unbranched alkanes of at least 4 members (excludes halogenated alkanes) is 1.